The number of hydrogen-bond acceptors (Lipinski definition) is 0. The number of nitrogens with zero attached hydrogens (tertiary/aromatic N) is 1. The first-order valence-corrected chi connectivity index (χ1v) is 18.4. The van der Waals surface area contributed by atoms with Crippen LogP contribution in [0.4, 0.5) is 0 Å². The van der Waals surface area contributed by atoms with Crippen molar-refractivity contribution in [2.75, 3.05) is 0 Å². The van der Waals surface area contributed by atoms with Crippen LogP contribution in [-0.2, 0) is 10.8 Å². The van der Waals surface area contributed by atoms with Crippen molar-refractivity contribution in [3.05, 3.63) is 232 Å². The molecule has 0 saturated carbocycles. The van der Waals surface area contributed by atoms with Crippen LogP contribution in [0, 0.1) is 0 Å². The number of benzene rings is 7. The van der Waals surface area contributed by atoms with Crippen LogP contribution in [0.1, 0.15) is 70.8 Å². The molecular formula is C51H39N. The van der Waals surface area contributed by atoms with Crippen LogP contribution < -0.4 is 0 Å². The summed E-state index contributed by atoms with van der Waals surface area (Å²) in [6.45, 7) is 6.96. The average Bonchev–Trinajstić information content (AvgIpc) is 3.54. The fourth-order valence-electron chi connectivity index (χ4n) is 9.57. The van der Waals surface area contributed by atoms with Crippen molar-refractivity contribution in [3.8, 4) is 5.69 Å². The van der Waals surface area contributed by atoms with E-state index in [0.29, 0.717) is 0 Å². The van der Waals surface area contributed by atoms with Gasteiger partial charge in [-0.2, -0.15) is 0 Å². The van der Waals surface area contributed by atoms with Crippen LogP contribution >= 0.6 is 0 Å². The Hall–Kier alpha value is -6.18. The van der Waals surface area contributed by atoms with Gasteiger partial charge in [-0.15, -0.1) is 0 Å². The molecule has 7 aromatic carbocycles. The largest absolute Gasteiger partial charge is 0.309 e. The van der Waals surface area contributed by atoms with E-state index in [0.717, 1.165) is 0 Å². The molecule has 1 nitrogen and oxygen atoms in total. The Morgan fingerprint density at radius 3 is 1.85 bits per heavy atom. The second-order valence-corrected chi connectivity index (χ2v) is 14.8. The van der Waals surface area contributed by atoms with Crippen molar-refractivity contribution in [3.63, 3.8) is 0 Å². The summed E-state index contributed by atoms with van der Waals surface area (Å²) < 4.78 is 2.53. The smallest absolute Gasteiger partial charge is 0.0748 e. The molecule has 1 aromatic heterocycles. The summed E-state index contributed by atoms with van der Waals surface area (Å²) in [7, 11) is 0. The van der Waals surface area contributed by atoms with E-state index >= 15 is 0 Å². The molecule has 8 aromatic rings. The predicted molar refractivity (Wildman–Crippen MR) is 218 cm³/mol. The first-order chi connectivity index (χ1) is 25.5. The highest BCUT2D eigenvalue weighted by atomic mass is 15.0. The second-order valence-electron chi connectivity index (χ2n) is 14.8. The van der Waals surface area contributed by atoms with Crippen molar-refractivity contribution in [1.82, 2.24) is 4.57 Å². The van der Waals surface area contributed by atoms with Gasteiger partial charge in [0.25, 0.3) is 0 Å². The molecule has 0 saturated heterocycles. The van der Waals surface area contributed by atoms with Crippen molar-refractivity contribution < 1.29 is 0 Å². The lowest BCUT2D eigenvalue weighted by atomic mass is 9.53. The molecule has 1 spiro atoms. The zero-order valence-electron chi connectivity index (χ0n) is 29.8. The second kappa shape index (κ2) is 11.4. The van der Waals surface area contributed by atoms with Crippen LogP contribution in [0.25, 0.3) is 38.6 Å². The molecule has 10 rings (SSSR count). The molecule has 52 heavy (non-hydrogen) atoms. The number of fused-ring (bicyclic) bond motifs is 11. The number of hydrogen-bond donors (Lipinski definition) is 0. The normalized spacial score (nSPS) is 17.2. The highest BCUT2D eigenvalue weighted by Crippen LogP contribution is 2.60. The third-order valence-corrected chi connectivity index (χ3v) is 11.9. The van der Waals surface area contributed by atoms with Gasteiger partial charge in [0.05, 0.1) is 22.1 Å². The summed E-state index contributed by atoms with van der Waals surface area (Å²) in [5.41, 5.74) is 17.2. The Kier molecular flexibility index (Phi) is 6.73. The van der Waals surface area contributed by atoms with Crippen LogP contribution in [-0.4, -0.2) is 4.57 Å². The van der Waals surface area contributed by atoms with Gasteiger partial charge in [0.1, 0.15) is 0 Å². The monoisotopic (exact) mass is 665 g/mol. The summed E-state index contributed by atoms with van der Waals surface area (Å²) in [5, 5.41) is 2.59. The Morgan fingerprint density at radius 2 is 1.08 bits per heavy atom. The van der Waals surface area contributed by atoms with E-state index in [2.05, 4.69) is 207 Å². The van der Waals surface area contributed by atoms with E-state index in [9.17, 15) is 0 Å². The molecule has 0 fully saturated rings. The maximum absolute atomic E-state index is 2.54. The Labute approximate surface area is 305 Å². The van der Waals surface area contributed by atoms with Gasteiger partial charge in [-0.25, -0.2) is 0 Å². The molecule has 1 unspecified atom stereocenters. The highest BCUT2D eigenvalue weighted by Gasteiger charge is 2.52. The lowest BCUT2D eigenvalue weighted by Gasteiger charge is -2.50. The van der Waals surface area contributed by atoms with Gasteiger partial charge in [0.15, 0.2) is 0 Å². The molecule has 1 atom stereocenters. The number of aromatic nitrogens is 1. The van der Waals surface area contributed by atoms with Crippen molar-refractivity contribution in [2.45, 2.75) is 31.6 Å². The zero-order chi connectivity index (χ0) is 35.0. The molecule has 0 N–H and O–H groups in total. The van der Waals surface area contributed by atoms with Gasteiger partial charge in [0, 0.05) is 16.2 Å². The molecule has 1 aliphatic carbocycles. The number of allylic oxidation sites excluding steroid dienone is 3. The van der Waals surface area contributed by atoms with E-state index < -0.39 is 5.41 Å². The quantitative estimate of drug-likeness (QED) is 0.165. The van der Waals surface area contributed by atoms with Crippen LogP contribution in [0.2, 0.25) is 0 Å². The fraction of sp³-hybridized carbons (Fsp3) is 0.0980. The lowest BCUT2D eigenvalue weighted by molar-refractivity contribution is 0.556. The summed E-state index contributed by atoms with van der Waals surface area (Å²) in [4.78, 5) is 0. The molecule has 2 aliphatic rings. The van der Waals surface area contributed by atoms with E-state index in [1.54, 1.807) is 0 Å². The summed E-state index contributed by atoms with van der Waals surface area (Å²) >= 11 is 0. The molecule has 0 bridgehead atoms. The molecular weight excluding hydrogens is 627 g/mol. The SMILES string of the molecule is C/C=C(\C=C(/c1ccccc1)c1ccc2c(c1)C1(c3ccccc3-n3c4ccccc4c4cccc1c43)c1ccccc1C2(C)C)c1ccccc1. The van der Waals surface area contributed by atoms with Gasteiger partial charge in [-0.3, -0.25) is 0 Å². The van der Waals surface area contributed by atoms with E-state index in [-0.39, 0.29) is 5.41 Å². The van der Waals surface area contributed by atoms with Crippen molar-refractivity contribution in [2.24, 2.45) is 0 Å². The molecule has 248 valence electrons. The van der Waals surface area contributed by atoms with E-state index in [4.69, 9.17) is 0 Å². The molecule has 0 radical (unpaired) electrons. The average molecular weight is 666 g/mol. The van der Waals surface area contributed by atoms with Gasteiger partial charge >= 0.3 is 0 Å². The standard InChI is InChI=1S/C51H39N/c1-4-34(35-18-7-5-8-19-35)32-40(36-20-9-6-10-21-36)37-30-31-42-46(33-37)51(43-25-13-12-24-41(43)50(42,2)3)44-26-14-16-29-48(44)52-47-28-15-11-22-38(47)39-23-17-27-45(51)49(39)52/h4-33H,1-3H3/b34-4+,40-32+. The number of para-hydroxylation sites is 3. The first-order valence-electron chi connectivity index (χ1n) is 18.4. The van der Waals surface area contributed by atoms with E-state index in [1.807, 2.05) is 0 Å². The summed E-state index contributed by atoms with van der Waals surface area (Å²) in [6, 6.07) is 63.3. The van der Waals surface area contributed by atoms with Crippen LogP contribution in [0.15, 0.2) is 182 Å². The molecule has 2 heterocycles. The van der Waals surface area contributed by atoms with E-state index in [1.165, 1.54) is 88.7 Å². The topological polar surface area (TPSA) is 4.93 Å². The first kappa shape index (κ1) is 30.6. The van der Waals surface area contributed by atoms with Gasteiger partial charge < -0.3 is 4.57 Å². The van der Waals surface area contributed by atoms with Crippen molar-refractivity contribution in [1.29, 1.82) is 0 Å². The highest BCUT2D eigenvalue weighted by molar-refractivity contribution is 6.12. The maximum atomic E-state index is 2.54. The van der Waals surface area contributed by atoms with Gasteiger partial charge in [0.2, 0.25) is 0 Å². The lowest BCUT2D eigenvalue weighted by Crippen LogP contribution is -2.44. The van der Waals surface area contributed by atoms with Crippen LogP contribution in [0.3, 0.4) is 0 Å². The Morgan fingerprint density at radius 1 is 0.481 bits per heavy atom. The number of rotatable bonds is 4. The zero-order valence-corrected chi connectivity index (χ0v) is 29.8. The Balaban J connectivity index is 1.35. The minimum Gasteiger partial charge on any atom is -0.309 e. The minimum absolute atomic E-state index is 0.210. The fourth-order valence-corrected chi connectivity index (χ4v) is 9.57. The summed E-state index contributed by atoms with van der Waals surface area (Å²) in [5.74, 6) is 0. The third kappa shape index (κ3) is 4.11. The van der Waals surface area contributed by atoms with Gasteiger partial charge in [-0.05, 0) is 92.4 Å². The van der Waals surface area contributed by atoms with Gasteiger partial charge in [-0.1, -0.05) is 172 Å². The predicted octanol–water partition coefficient (Wildman–Crippen LogP) is 12.7. The van der Waals surface area contributed by atoms with Crippen LogP contribution in [0.5, 0.6) is 0 Å². The minimum atomic E-state index is -0.539. The van der Waals surface area contributed by atoms with Crippen molar-refractivity contribution >= 4 is 33.0 Å². The third-order valence-electron chi connectivity index (χ3n) is 11.9. The summed E-state index contributed by atoms with van der Waals surface area (Å²) in [6.07, 6.45) is 4.61. The maximum Gasteiger partial charge on any atom is 0.0748 e. The molecule has 1 heteroatoms. The molecule has 1 aliphatic heterocycles. The molecule has 0 amide bonds. The Bertz CT molecular complexity index is 2760.